The lowest BCUT2D eigenvalue weighted by molar-refractivity contribution is -0.121. The quantitative estimate of drug-likeness (QED) is 0.444. The molecule has 8 nitrogen and oxygen atoms in total. The van der Waals surface area contributed by atoms with Crippen molar-refractivity contribution >= 4 is 40.9 Å². The number of benzene rings is 2. The van der Waals surface area contributed by atoms with E-state index < -0.39 is 0 Å². The Bertz CT molecular complexity index is 1130. The van der Waals surface area contributed by atoms with Crippen molar-refractivity contribution in [3.8, 4) is 5.75 Å². The van der Waals surface area contributed by atoms with Crippen LogP contribution in [-0.2, 0) is 23.1 Å². The van der Waals surface area contributed by atoms with Gasteiger partial charge in [0.1, 0.15) is 5.75 Å². The fraction of sp³-hybridized carbons (Fsp3) is 0.304. The fourth-order valence-electron chi connectivity index (χ4n) is 3.11. The van der Waals surface area contributed by atoms with Gasteiger partial charge in [-0.15, -0.1) is 10.2 Å². The first-order valence-corrected chi connectivity index (χ1v) is 11.6. The van der Waals surface area contributed by atoms with Crippen LogP contribution in [0.4, 0.5) is 5.69 Å². The van der Waals surface area contributed by atoms with Crippen LogP contribution >= 0.6 is 23.4 Å². The highest BCUT2D eigenvalue weighted by Crippen LogP contribution is 2.22. The Morgan fingerprint density at radius 2 is 1.88 bits per heavy atom. The minimum absolute atomic E-state index is 0.124. The van der Waals surface area contributed by atoms with Crippen molar-refractivity contribution in [2.24, 2.45) is 7.05 Å². The smallest absolute Gasteiger partial charge is 0.234 e. The van der Waals surface area contributed by atoms with Crippen LogP contribution in [0.2, 0.25) is 5.02 Å². The van der Waals surface area contributed by atoms with Crippen LogP contribution < -0.4 is 15.4 Å². The number of amides is 2. The fourth-order valence-corrected chi connectivity index (χ4v) is 4.01. The summed E-state index contributed by atoms with van der Waals surface area (Å²) in [5, 5.41) is 15.3. The number of hydrogen-bond donors (Lipinski definition) is 2. The molecule has 1 atom stereocenters. The van der Waals surface area contributed by atoms with Crippen LogP contribution in [0.15, 0.2) is 47.6 Å². The molecular formula is C23H26ClN5O3S. The van der Waals surface area contributed by atoms with Crippen LogP contribution in [0.3, 0.4) is 0 Å². The molecule has 33 heavy (non-hydrogen) atoms. The topological polar surface area (TPSA) is 98.1 Å². The molecule has 0 saturated heterocycles. The maximum atomic E-state index is 12.4. The summed E-state index contributed by atoms with van der Waals surface area (Å²) in [7, 11) is 3.41. The Labute approximate surface area is 202 Å². The van der Waals surface area contributed by atoms with E-state index in [1.807, 2.05) is 44.2 Å². The number of ether oxygens (including phenoxy) is 1. The molecule has 0 unspecified atom stereocenters. The van der Waals surface area contributed by atoms with Crippen molar-refractivity contribution in [2.45, 2.75) is 31.5 Å². The molecule has 2 aromatic carbocycles. The van der Waals surface area contributed by atoms with Crippen molar-refractivity contribution in [2.75, 3.05) is 18.2 Å². The number of methoxy groups -OCH3 is 1. The monoisotopic (exact) mass is 487 g/mol. The second kappa shape index (κ2) is 11.2. The number of carbonyl (C=O) groups is 2. The predicted molar refractivity (Wildman–Crippen MR) is 130 cm³/mol. The third-order valence-corrected chi connectivity index (χ3v) is 6.37. The van der Waals surface area contributed by atoms with Gasteiger partial charge in [-0.3, -0.25) is 9.59 Å². The molecule has 0 radical (unpaired) electrons. The summed E-state index contributed by atoms with van der Waals surface area (Å²) >= 11 is 7.37. The first-order chi connectivity index (χ1) is 15.8. The van der Waals surface area contributed by atoms with Crippen molar-refractivity contribution in [3.63, 3.8) is 0 Å². The van der Waals surface area contributed by atoms with Gasteiger partial charge in [0.05, 0.1) is 25.3 Å². The number of thioether (sulfide) groups is 1. The SMILES string of the molecule is COc1ccc(CC(=O)N[C@@H](C)c2nnc(SCC(=O)Nc3ccc(C)c(Cl)c3)n2C)cc1. The maximum absolute atomic E-state index is 12.4. The molecule has 0 bridgehead atoms. The van der Waals surface area contributed by atoms with Crippen LogP contribution in [0.25, 0.3) is 0 Å². The number of hydrogen-bond acceptors (Lipinski definition) is 6. The lowest BCUT2D eigenvalue weighted by Crippen LogP contribution is -2.29. The van der Waals surface area contributed by atoms with E-state index in [0.717, 1.165) is 16.9 Å². The number of aromatic nitrogens is 3. The maximum Gasteiger partial charge on any atom is 0.234 e. The molecule has 0 aliphatic carbocycles. The van der Waals surface area contributed by atoms with Gasteiger partial charge < -0.3 is 19.9 Å². The molecule has 10 heteroatoms. The van der Waals surface area contributed by atoms with Crippen LogP contribution in [-0.4, -0.2) is 39.4 Å². The molecule has 0 aliphatic heterocycles. The lowest BCUT2D eigenvalue weighted by Gasteiger charge is -2.14. The highest BCUT2D eigenvalue weighted by molar-refractivity contribution is 7.99. The summed E-state index contributed by atoms with van der Waals surface area (Å²) in [6.45, 7) is 3.75. The number of aryl methyl sites for hydroxylation is 1. The van der Waals surface area contributed by atoms with Crippen molar-refractivity contribution in [1.29, 1.82) is 0 Å². The molecule has 0 spiro atoms. The largest absolute Gasteiger partial charge is 0.497 e. The van der Waals surface area contributed by atoms with E-state index in [9.17, 15) is 9.59 Å². The molecule has 1 heterocycles. The number of halogens is 1. The molecule has 0 aliphatic rings. The third-order valence-electron chi connectivity index (χ3n) is 4.95. The Morgan fingerprint density at radius 1 is 1.15 bits per heavy atom. The Hall–Kier alpha value is -3.04. The molecular weight excluding hydrogens is 462 g/mol. The van der Waals surface area contributed by atoms with Crippen LogP contribution in [0, 0.1) is 6.92 Å². The van der Waals surface area contributed by atoms with Gasteiger partial charge in [-0.2, -0.15) is 0 Å². The molecule has 0 saturated carbocycles. The zero-order chi connectivity index (χ0) is 24.0. The predicted octanol–water partition coefficient (Wildman–Crippen LogP) is 3.94. The van der Waals surface area contributed by atoms with Crippen molar-refractivity contribution in [1.82, 2.24) is 20.1 Å². The summed E-state index contributed by atoms with van der Waals surface area (Å²) in [4.78, 5) is 24.7. The van der Waals surface area contributed by atoms with E-state index in [-0.39, 0.29) is 30.0 Å². The van der Waals surface area contributed by atoms with Crippen LogP contribution in [0.1, 0.15) is 29.9 Å². The number of rotatable bonds is 9. The lowest BCUT2D eigenvalue weighted by atomic mass is 10.1. The van der Waals surface area contributed by atoms with E-state index >= 15 is 0 Å². The van der Waals surface area contributed by atoms with E-state index in [0.29, 0.717) is 21.7 Å². The van der Waals surface area contributed by atoms with E-state index in [1.54, 1.807) is 30.9 Å². The zero-order valence-electron chi connectivity index (χ0n) is 18.9. The summed E-state index contributed by atoms with van der Waals surface area (Å²) in [5.74, 6) is 1.21. The first kappa shape index (κ1) is 24.6. The minimum Gasteiger partial charge on any atom is -0.497 e. The molecule has 0 fully saturated rings. The molecule has 2 N–H and O–H groups in total. The van der Waals surface area contributed by atoms with Gasteiger partial charge >= 0.3 is 0 Å². The Morgan fingerprint density at radius 3 is 2.55 bits per heavy atom. The average Bonchev–Trinajstić information content (AvgIpc) is 3.15. The van der Waals surface area contributed by atoms with Gasteiger partial charge in [-0.25, -0.2) is 0 Å². The molecule has 3 aromatic rings. The van der Waals surface area contributed by atoms with Gasteiger partial charge in [0.15, 0.2) is 11.0 Å². The third kappa shape index (κ3) is 6.72. The summed E-state index contributed by atoms with van der Waals surface area (Å²) < 4.78 is 6.91. The van der Waals surface area contributed by atoms with Gasteiger partial charge in [0.25, 0.3) is 0 Å². The molecule has 2 amide bonds. The second-order valence-corrected chi connectivity index (χ2v) is 8.86. The highest BCUT2D eigenvalue weighted by atomic mass is 35.5. The van der Waals surface area contributed by atoms with Crippen LogP contribution in [0.5, 0.6) is 5.75 Å². The number of nitrogens with one attached hydrogen (secondary N) is 2. The van der Waals surface area contributed by atoms with Gasteiger partial charge in [0.2, 0.25) is 11.8 Å². The summed E-state index contributed by atoms with van der Waals surface area (Å²) in [6.07, 6.45) is 0.247. The molecule has 174 valence electrons. The van der Waals surface area contributed by atoms with Gasteiger partial charge in [-0.05, 0) is 49.2 Å². The van der Waals surface area contributed by atoms with E-state index in [2.05, 4.69) is 20.8 Å². The summed E-state index contributed by atoms with van der Waals surface area (Å²) in [5.41, 5.74) is 2.47. The van der Waals surface area contributed by atoms with Crippen molar-refractivity contribution < 1.29 is 14.3 Å². The second-order valence-electron chi connectivity index (χ2n) is 7.51. The summed E-state index contributed by atoms with van der Waals surface area (Å²) in [6, 6.07) is 12.4. The normalized spacial score (nSPS) is 11.7. The first-order valence-electron chi connectivity index (χ1n) is 10.3. The van der Waals surface area contributed by atoms with Crippen molar-refractivity contribution in [3.05, 3.63) is 64.4 Å². The Balaban J connectivity index is 1.52. The highest BCUT2D eigenvalue weighted by Gasteiger charge is 2.18. The van der Waals surface area contributed by atoms with E-state index in [1.165, 1.54) is 11.8 Å². The molecule has 1 aromatic heterocycles. The standard InChI is InChI=1S/C23H26ClN5O3S/c1-14-5-8-17(12-19(14)24)26-21(31)13-33-23-28-27-22(29(23)3)15(2)25-20(30)11-16-6-9-18(32-4)10-7-16/h5-10,12,15H,11,13H2,1-4H3,(H,25,30)(H,26,31)/t15-/m0/s1. The molecule has 3 rings (SSSR count). The van der Waals surface area contributed by atoms with Gasteiger partial charge in [-0.1, -0.05) is 41.6 Å². The Kier molecular flexibility index (Phi) is 8.35. The van der Waals surface area contributed by atoms with Gasteiger partial charge in [0, 0.05) is 17.8 Å². The number of carbonyl (C=O) groups excluding carboxylic acids is 2. The number of nitrogens with zero attached hydrogens (tertiary/aromatic N) is 3. The average molecular weight is 488 g/mol. The zero-order valence-corrected chi connectivity index (χ0v) is 20.5. The minimum atomic E-state index is -0.342. The number of anilines is 1. The van der Waals surface area contributed by atoms with E-state index in [4.69, 9.17) is 16.3 Å².